The fourth-order valence-electron chi connectivity index (χ4n) is 2.13. The van der Waals surface area contributed by atoms with Gasteiger partial charge in [0.2, 0.25) is 0 Å². The number of nitrogens with one attached hydrogen (secondary N) is 1. The van der Waals surface area contributed by atoms with E-state index in [0.717, 1.165) is 39.3 Å². The molecule has 1 aromatic rings. The van der Waals surface area contributed by atoms with E-state index in [1.54, 1.807) is 0 Å². The van der Waals surface area contributed by atoms with Gasteiger partial charge in [0.15, 0.2) is 0 Å². The Kier molecular flexibility index (Phi) is 4.34. The lowest BCUT2D eigenvalue weighted by Crippen LogP contribution is -2.51. The van der Waals surface area contributed by atoms with Crippen molar-refractivity contribution in [2.75, 3.05) is 32.7 Å². The maximum atomic E-state index is 3.38. The van der Waals surface area contributed by atoms with Crippen LogP contribution in [0.3, 0.4) is 0 Å². The third kappa shape index (κ3) is 3.30. The van der Waals surface area contributed by atoms with Crippen molar-refractivity contribution >= 4 is 0 Å². The van der Waals surface area contributed by atoms with E-state index in [-0.39, 0.29) is 0 Å². The second-order valence-electron chi connectivity index (χ2n) is 4.26. The summed E-state index contributed by atoms with van der Waals surface area (Å²) >= 11 is 0. The zero-order valence-electron chi connectivity index (χ0n) is 10.0. The van der Waals surface area contributed by atoms with E-state index in [2.05, 4.69) is 52.6 Å². The molecule has 2 rings (SSSR count). The number of hydrogen-bond acceptors (Lipinski definition) is 3. The van der Waals surface area contributed by atoms with Crippen LogP contribution in [0.25, 0.3) is 0 Å². The summed E-state index contributed by atoms with van der Waals surface area (Å²) in [5.74, 6) is 0. The average molecular weight is 219 g/mol. The summed E-state index contributed by atoms with van der Waals surface area (Å²) in [6.07, 6.45) is 0. The van der Waals surface area contributed by atoms with E-state index >= 15 is 0 Å². The van der Waals surface area contributed by atoms with Gasteiger partial charge in [-0.25, -0.2) is 5.01 Å². The van der Waals surface area contributed by atoms with E-state index in [0.29, 0.717) is 0 Å². The predicted molar refractivity (Wildman–Crippen MR) is 67.0 cm³/mol. The first-order valence-electron chi connectivity index (χ1n) is 6.13. The first-order valence-corrected chi connectivity index (χ1v) is 6.13. The van der Waals surface area contributed by atoms with Gasteiger partial charge in [-0.2, -0.15) is 0 Å². The Morgan fingerprint density at radius 3 is 2.38 bits per heavy atom. The highest BCUT2D eigenvalue weighted by Gasteiger charge is 2.15. The van der Waals surface area contributed by atoms with Crippen molar-refractivity contribution in [3.8, 4) is 0 Å². The van der Waals surface area contributed by atoms with Crippen LogP contribution in [0.4, 0.5) is 0 Å². The van der Waals surface area contributed by atoms with Crippen molar-refractivity contribution in [1.82, 2.24) is 15.3 Å². The molecule has 1 aromatic carbocycles. The summed E-state index contributed by atoms with van der Waals surface area (Å²) in [5.41, 5.74) is 4.79. The summed E-state index contributed by atoms with van der Waals surface area (Å²) in [7, 11) is 0. The number of nitrogens with zero attached hydrogens (tertiary/aromatic N) is 2. The number of piperazine rings is 1. The minimum atomic E-state index is 1.03. The van der Waals surface area contributed by atoms with Crippen molar-refractivity contribution in [3.63, 3.8) is 0 Å². The summed E-state index contributed by atoms with van der Waals surface area (Å²) in [6.45, 7) is 8.82. The van der Waals surface area contributed by atoms with Crippen molar-refractivity contribution in [2.24, 2.45) is 0 Å². The molecule has 1 saturated heterocycles. The van der Waals surface area contributed by atoms with Gasteiger partial charge >= 0.3 is 0 Å². The van der Waals surface area contributed by atoms with Crippen molar-refractivity contribution < 1.29 is 0 Å². The van der Waals surface area contributed by atoms with Crippen molar-refractivity contribution in [1.29, 1.82) is 0 Å². The highest BCUT2D eigenvalue weighted by atomic mass is 15.5. The SMILES string of the molecule is CCNN1CCN(Cc2ccccc2)CC1. The van der Waals surface area contributed by atoms with Crippen LogP contribution >= 0.6 is 0 Å². The molecule has 0 spiro atoms. The predicted octanol–water partition coefficient (Wildman–Crippen LogP) is 1.33. The van der Waals surface area contributed by atoms with E-state index in [1.807, 2.05) is 0 Å². The molecule has 1 N–H and O–H groups in total. The standard InChI is InChI=1S/C13H21N3/c1-2-14-16-10-8-15(9-11-16)12-13-6-4-3-5-7-13/h3-7,14H,2,8-12H2,1H3. The third-order valence-corrected chi connectivity index (χ3v) is 3.00. The van der Waals surface area contributed by atoms with Crippen molar-refractivity contribution in [2.45, 2.75) is 13.5 Å². The summed E-state index contributed by atoms with van der Waals surface area (Å²) in [6, 6.07) is 10.7. The van der Waals surface area contributed by atoms with Gasteiger partial charge in [-0.3, -0.25) is 10.3 Å². The van der Waals surface area contributed by atoms with Crippen LogP contribution in [0.5, 0.6) is 0 Å². The van der Waals surface area contributed by atoms with Gasteiger partial charge in [0, 0.05) is 39.3 Å². The molecule has 0 aromatic heterocycles. The van der Waals surface area contributed by atoms with Gasteiger partial charge in [0.1, 0.15) is 0 Å². The highest BCUT2D eigenvalue weighted by molar-refractivity contribution is 5.14. The lowest BCUT2D eigenvalue weighted by atomic mass is 10.2. The van der Waals surface area contributed by atoms with Gasteiger partial charge in [-0.1, -0.05) is 37.3 Å². The summed E-state index contributed by atoms with van der Waals surface area (Å²) in [5, 5.41) is 2.32. The van der Waals surface area contributed by atoms with Crippen LogP contribution in [0, 0.1) is 0 Å². The fraction of sp³-hybridized carbons (Fsp3) is 0.538. The molecule has 0 unspecified atom stereocenters. The molecule has 0 atom stereocenters. The zero-order valence-corrected chi connectivity index (χ0v) is 10.0. The smallest absolute Gasteiger partial charge is 0.0259 e. The normalized spacial score (nSPS) is 18.8. The van der Waals surface area contributed by atoms with Gasteiger partial charge < -0.3 is 0 Å². The van der Waals surface area contributed by atoms with Crippen LogP contribution in [-0.4, -0.2) is 42.6 Å². The molecule has 0 amide bonds. The van der Waals surface area contributed by atoms with E-state index in [1.165, 1.54) is 5.56 Å². The van der Waals surface area contributed by atoms with Crippen LogP contribution in [0.15, 0.2) is 30.3 Å². The Bertz CT molecular complexity index is 291. The monoisotopic (exact) mass is 219 g/mol. The summed E-state index contributed by atoms with van der Waals surface area (Å²) < 4.78 is 0. The Morgan fingerprint density at radius 1 is 1.06 bits per heavy atom. The van der Waals surface area contributed by atoms with Crippen LogP contribution in [-0.2, 0) is 6.54 Å². The first kappa shape index (κ1) is 11.6. The lowest BCUT2D eigenvalue weighted by Gasteiger charge is -2.34. The molecule has 1 aliphatic rings. The van der Waals surface area contributed by atoms with Gasteiger partial charge in [0.05, 0.1) is 0 Å². The lowest BCUT2D eigenvalue weighted by molar-refractivity contribution is 0.0877. The molecule has 1 fully saturated rings. The van der Waals surface area contributed by atoms with Crippen molar-refractivity contribution in [3.05, 3.63) is 35.9 Å². The topological polar surface area (TPSA) is 18.5 Å². The van der Waals surface area contributed by atoms with Gasteiger partial charge in [0.25, 0.3) is 0 Å². The number of rotatable bonds is 4. The minimum absolute atomic E-state index is 1.03. The van der Waals surface area contributed by atoms with Crippen LogP contribution in [0.2, 0.25) is 0 Å². The molecular formula is C13H21N3. The average Bonchev–Trinajstić information content (AvgIpc) is 2.33. The minimum Gasteiger partial charge on any atom is -0.296 e. The fourth-order valence-corrected chi connectivity index (χ4v) is 2.13. The summed E-state index contributed by atoms with van der Waals surface area (Å²) in [4.78, 5) is 2.52. The molecule has 1 aliphatic heterocycles. The second-order valence-corrected chi connectivity index (χ2v) is 4.26. The van der Waals surface area contributed by atoms with Gasteiger partial charge in [-0.05, 0) is 5.56 Å². The Labute approximate surface area is 98.0 Å². The van der Waals surface area contributed by atoms with Gasteiger partial charge in [-0.15, -0.1) is 0 Å². The largest absolute Gasteiger partial charge is 0.296 e. The molecule has 16 heavy (non-hydrogen) atoms. The van der Waals surface area contributed by atoms with E-state index in [4.69, 9.17) is 0 Å². The molecular weight excluding hydrogens is 198 g/mol. The number of hydrogen-bond donors (Lipinski definition) is 1. The maximum Gasteiger partial charge on any atom is 0.0259 e. The zero-order chi connectivity index (χ0) is 11.2. The molecule has 0 saturated carbocycles. The molecule has 0 bridgehead atoms. The molecule has 1 heterocycles. The molecule has 3 nitrogen and oxygen atoms in total. The molecule has 88 valence electrons. The third-order valence-electron chi connectivity index (χ3n) is 3.00. The Hall–Kier alpha value is -0.900. The van der Waals surface area contributed by atoms with E-state index < -0.39 is 0 Å². The molecule has 0 radical (unpaired) electrons. The Balaban J connectivity index is 1.77. The molecule has 0 aliphatic carbocycles. The molecule has 3 heteroatoms. The first-order chi connectivity index (χ1) is 7.88. The quantitative estimate of drug-likeness (QED) is 0.824. The second kappa shape index (κ2) is 5.99. The maximum absolute atomic E-state index is 3.38. The van der Waals surface area contributed by atoms with Crippen LogP contribution < -0.4 is 5.43 Å². The van der Waals surface area contributed by atoms with E-state index in [9.17, 15) is 0 Å². The Morgan fingerprint density at radius 2 is 1.75 bits per heavy atom. The highest BCUT2D eigenvalue weighted by Crippen LogP contribution is 2.06. The number of hydrazine groups is 1. The van der Waals surface area contributed by atoms with Crippen LogP contribution in [0.1, 0.15) is 12.5 Å². The number of benzene rings is 1.